The second-order valence-corrected chi connectivity index (χ2v) is 17.7. The number of rotatable bonds is 5. The number of hydrogen-bond acceptors (Lipinski definition) is 8. The largest absolute Gasteiger partial charge is 0.481 e. The van der Waals surface area contributed by atoms with Gasteiger partial charge in [-0.05, 0) is 111 Å². The van der Waals surface area contributed by atoms with E-state index >= 15 is 0 Å². The summed E-state index contributed by atoms with van der Waals surface area (Å²) in [5.41, 5.74) is -1.24. The van der Waals surface area contributed by atoms with Crippen molar-refractivity contribution in [3.63, 3.8) is 0 Å². The molecule has 0 aromatic rings. The third kappa shape index (κ3) is 4.89. The predicted octanol–water partition coefficient (Wildman–Crippen LogP) is 5.33. The minimum Gasteiger partial charge on any atom is -0.481 e. The lowest BCUT2D eigenvalue weighted by atomic mass is 9.33. The Kier molecular flexibility index (Phi) is 8.34. The van der Waals surface area contributed by atoms with E-state index in [1.54, 1.807) is 6.92 Å². The summed E-state index contributed by atoms with van der Waals surface area (Å²) in [5, 5.41) is 42.1. The molecular weight excluding hydrogens is 604 g/mol. The summed E-state index contributed by atoms with van der Waals surface area (Å²) in [4.78, 5) is 37.0. The summed E-state index contributed by atoms with van der Waals surface area (Å²) >= 11 is 0. The zero-order valence-corrected chi connectivity index (χ0v) is 29.2. The van der Waals surface area contributed by atoms with Gasteiger partial charge in [0.2, 0.25) is 0 Å². The summed E-state index contributed by atoms with van der Waals surface area (Å²) in [6, 6.07) is 0. The first kappa shape index (κ1) is 34.8. The molecule has 10 heteroatoms. The quantitative estimate of drug-likeness (QED) is 0.172. The van der Waals surface area contributed by atoms with Gasteiger partial charge in [0, 0.05) is 6.92 Å². The topological polar surface area (TPSA) is 160 Å². The van der Waals surface area contributed by atoms with Gasteiger partial charge in [0.05, 0.1) is 23.5 Å². The fraction of sp³-hybridized carbons (Fsp3) is 0.865. The molecule has 4 N–H and O–H groups in total. The highest BCUT2D eigenvalue weighted by atomic mass is 16.7. The van der Waals surface area contributed by atoms with E-state index < -0.39 is 53.3 Å². The van der Waals surface area contributed by atoms with Crippen LogP contribution in [0.4, 0.5) is 0 Å². The molecule has 13 atom stereocenters. The van der Waals surface area contributed by atoms with Gasteiger partial charge in [-0.25, -0.2) is 0 Å². The summed E-state index contributed by atoms with van der Waals surface area (Å²) in [7, 11) is 0. The fourth-order valence-electron chi connectivity index (χ4n) is 12.3. The molecule has 47 heavy (non-hydrogen) atoms. The maximum absolute atomic E-state index is 13.0. The Bertz CT molecular complexity index is 1340. The third-order valence-electron chi connectivity index (χ3n) is 15.3. The molecule has 6 aliphatic rings. The SMILES string of the molecule is CC(=O)O[C@@H]1[C@@H](O)[C@H](O[C@H]2CC[C@@]3(C)C(CC[C@]4(C)[C@@H]3CC=C3[C@H]5CC(C)(C(=O)O)CC[C@]5(C(=O)O)CC[C@]34C)C2(C)C)OC[C@@H]1O. The van der Waals surface area contributed by atoms with Gasteiger partial charge in [-0.1, -0.05) is 46.3 Å². The Labute approximate surface area is 278 Å². The van der Waals surface area contributed by atoms with Crippen LogP contribution in [0.15, 0.2) is 11.6 Å². The Balaban J connectivity index is 1.28. The molecule has 0 radical (unpaired) electrons. The van der Waals surface area contributed by atoms with E-state index in [0.29, 0.717) is 37.5 Å². The van der Waals surface area contributed by atoms with Crippen LogP contribution in [0.3, 0.4) is 0 Å². The number of aliphatic hydroxyl groups excluding tert-OH is 2. The highest BCUT2D eigenvalue weighted by Gasteiger charge is 2.70. The second kappa shape index (κ2) is 11.3. The summed E-state index contributed by atoms with van der Waals surface area (Å²) in [5.74, 6) is -1.81. The molecule has 10 nitrogen and oxygen atoms in total. The molecule has 4 saturated carbocycles. The second-order valence-electron chi connectivity index (χ2n) is 17.7. The maximum Gasteiger partial charge on any atom is 0.310 e. The van der Waals surface area contributed by atoms with Gasteiger partial charge >= 0.3 is 17.9 Å². The average Bonchev–Trinajstić information content (AvgIpc) is 2.98. The van der Waals surface area contributed by atoms with Gasteiger partial charge in [0.1, 0.15) is 12.2 Å². The number of ether oxygens (including phenoxy) is 3. The van der Waals surface area contributed by atoms with Gasteiger partial charge in [0.25, 0.3) is 0 Å². The molecule has 0 amide bonds. The van der Waals surface area contributed by atoms with Crippen molar-refractivity contribution >= 4 is 17.9 Å². The number of allylic oxidation sites excluding steroid dienone is 2. The molecule has 0 spiro atoms. The van der Waals surface area contributed by atoms with Crippen molar-refractivity contribution in [2.75, 3.05) is 6.61 Å². The number of aliphatic hydroxyl groups is 2. The van der Waals surface area contributed by atoms with Gasteiger partial charge in [0.15, 0.2) is 12.4 Å². The van der Waals surface area contributed by atoms with Gasteiger partial charge in [-0.3, -0.25) is 14.4 Å². The van der Waals surface area contributed by atoms with Crippen LogP contribution in [0.2, 0.25) is 0 Å². The van der Waals surface area contributed by atoms with Crippen LogP contribution in [0, 0.1) is 50.2 Å². The molecular formula is C37H56O10. The first-order valence-corrected chi connectivity index (χ1v) is 17.7. The van der Waals surface area contributed by atoms with E-state index in [9.17, 15) is 34.8 Å². The lowest BCUT2D eigenvalue weighted by Crippen LogP contribution is -2.66. The van der Waals surface area contributed by atoms with E-state index in [1.807, 2.05) is 0 Å². The van der Waals surface area contributed by atoms with Crippen LogP contribution in [-0.2, 0) is 28.6 Å². The number of esters is 1. The number of carboxylic acids is 2. The van der Waals surface area contributed by atoms with Crippen LogP contribution in [0.25, 0.3) is 0 Å². The average molecular weight is 661 g/mol. The molecule has 264 valence electrons. The van der Waals surface area contributed by atoms with Crippen LogP contribution in [-0.4, -0.2) is 75.6 Å². The summed E-state index contributed by atoms with van der Waals surface area (Å²) < 4.78 is 17.5. The fourth-order valence-corrected chi connectivity index (χ4v) is 12.3. The van der Waals surface area contributed by atoms with Crippen LogP contribution in [0.5, 0.6) is 0 Å². The van der Waals surface area contributed by atoms with Crippen molar-refractivity contribution < 1.29 is 49.0 Å². The molecule has 0 aromatic carbocycles. The normalized spacial score (nSPS) is 50.4. The first-order valence-electron chi connectivity index (χ1n) is 17.7. The smallest absolute Gasteiger partial charge is 0.310 e. The monoisotopic (exact) mass is 660 g/mol. The third-order valence-corrected chi connectivity index (χ3v) is 15.3. The van der Waals surface area contributed by atoms with Crippen LogP contribution in [0.1, 0.15) is 113 Å². The van der Waals surface area contributed by atoms with E-state index in [2.05, 4.69) is 40.7 Å². The van der Waals surface area contributed by atoms with E-state index in [1.165, 1.54) is 12.5 Å². The lowest BCUT2D eigenvalue weighted by Gasteiger charge is -2.71. The minimum absolute atomic E-state index is 0.0205. The van der Waals surface area contributed by atoms with Gasteiger partial charge < -0.3 is 34.6 Å². The van der Waals surface area contributed by atoms with Crippen molar-refractivity contribution in [1.29, 1.82) is 0 Å². The van der Waals surface area contributed by atoms with E-state index in [-0.39, 0.29) is 40.3 Å². The Hall–Kier alpha value is -2.01. The number of fused-ring (bicyclic) bond motifs is 7. The number of hydrogen-bond donors (Lipinski definition) is 4. The zero-order chi connectivity index (χ0) is 34.5. The molecule has 5 aliphatic carbocycles. The van der Waals surface area contributed by atoms with E-state index in [4.69, 9.17) is 14.2 Å². The predicted molar refractivity (Wildman–Crippen MR) is 171 cm³/mol. The minimum atomic E-state index is -1.31. The maximum atomic E-state index is 13.0. The van der Waals surface area contributed by atoms with Crippen molar-refractivity contribution in [2.24, 2.45) is 50.2 Å². The number of carbonyl (C=O) groups is 3. The standard InChI is InChI=1S/C37H56O10/c1-20(38)46-28-23(39)19-45-29(27(28)40)47-26-11-12-34(5)24(32(26,2)3)10-13-36(7)25(34)9-8-21-22-18-33(4,30(41)42)14-16-37(22,31(43)44)17-15-35(21,36)6/h8,22-29,39-40H,9-19H2,1-7H3,(H,41,42)(H,43,44)/t22-,23+,24?,25-,26+,27-,28+,29+,33?,34+,35-,36-,37+/m1/s1. The van der Waals surface area contributed by atoms with Crippen molar-refractivity contribution in [2.45, 2.75) is 143 Å². The molecule has 0 aromatic heterocycles. The summed E-state index contributed by atoms with van der Waals surface area (Å²) in [6.07, 6.45) is 4.56. The highest BCUT2D eigenvalue weighted by Crippen LogP contribution is 2.76. The Morgan fingerprint density at radius 1 is 0.872 bits per heavy atom. The van der Waals surface area contributed by atoms with Crippen molar-refractivity contribution in [3.8, 4) is 0 Å². The van der Waals surface area contributed by atoms with Crippen molar-refractivity contribution in [1.82, 2.24) is 0 Å². The molecule has 1 heterocycles. The summed E-state index contributed by atoms with van der Waals surface area (Å²) in [6.45, 7) is 14.7. The molecule has 2 unspecified atom stereocenters. The molecule has 6 rings (SSSR count). The lowest BCUT2D eigenvalue weighted by molar-refractivity contribution is -0.309. The van der Waals surface area contributed by atoms with E-state index in [0.717, 1.165) is 38.5 Å². The Morgan fingerprint density at radius 3 is 2.19 bits per heavy atom. The van der Waals surface area contributed by atoms with Crippen LogP contribution < -0.4 is 0 Å². The molecule has 1 aliphatic heterocycles. The zero-order valence-electron chi connectivity index (χ0n) is 29.2. The number of carbonyl (C=O) groups excluding carboxylic acids is 1. The van der Waals surface area contributed by atoms with Crippen LogP contribution >= 0.6 is 0 Å². The van der Waals surface area contributed by atoms with Gasteiger partial charge in [-0.2, -0.15) is 0 Å². The first-order chi connectivity index (χ1) is 21.8. The van der Waals surface area contributed by atoms with Crippen molar-refractivity contribution in [3.05, 3.63) is 11.6 Å². The number of aliphatic carboxylic acids is 2. The molecule has 5 fully saturated rings. The van der Waals surface area contributed by atoms with Gasteiger partial charge in [-0.15, -0.1) is 0 Å². The molecule has 1 saturated heterocycles. The number of carboxylic acid groups (broad SMARTS) is 2. The highest BCUT2D eigenvalue weighted by molar-refractivity contribution is 5.79. The molecule has 0 bridgehead atoms. The Morgan fingerprint density at radius 2 is 1.55 bits per heavy atom.